The number of hydrogen-bond acceptors (Lipinski definition) is 12. The van der Waals surface area contributed by atoms with Gasteiger partial charge >= 0.3 is 13.8 Å². The van der Waals surface area contributed by atoms with Gasteiger partial charge in [0.15, 0.2) is 0 Å². The van der Waals surface area contributed by atoms with Gasteiger partial charge in [-0.25, -0.2) is 9.36 Å². The van der Waals surface area contributed by atoms with Crippen LogP contribution in [0.4, 0.5) is 0 Å². The predicted molar refractivity (Wildman–Crippen MR) is 221 cm³/mol. The molecule has 6 amide bonds. The number of primary amides is 1. The van der Waals surface area contributed by atoms with Crippen LogP contribution in [0.2, 0.25) is 0 Å². The van der Waals surface area contributed by atoms with Crippen molar-refractivity contribution in [1.82, 2.24) is 26.6 Å². The monoisotopic (exact) mass is 878 g/mol. The van der Waals surface area contributed by atoms with Gasteiger partial charge in [-0.2, -0.15) is 0 Å². The third-order valence-electron chi connectivity index (χ3n) is 9.59. The lowest BCUT2D eigenvalue weighted by atomic mass is 9.96. The van der Waals surface area contributed by atoms with E-state index in [1.165, 1.54) is 48.5 Å². The molecule has 0 spiro atoms. The van der Waals surface area contributed by atoms with Crippen molar-refractivity contribution in [2.45, 2.75) is 109 Å². The van der Waals surface area contributed by atoms with Gasteiger partial charge in [-0.15, -0.1) is 0 Å². The number of nitrogens with one attached hydrogen (secondary N) is 5. The second-order valence-electron chi connectivity index (χ2n) is 15.0. The van der Waals surface area contributed by atoms with E-state index >= 15 is 0 Å². The van der Waals surface area contributed by atoms with Crippen LogP contribution in [0.3, 0.4) is 0 Å². The van der Waals surface area contributed by atoms with Gasteiger partial charge in [0.2, 0.25) is 35.4 Å². The smallest absolute Gasteiger partial charge is 0.508 e. The Labute approximate surface area is 353 Å². The van der Waals surface area contributed by atoms with Crippen molar-refractivity contribution in [1.29, 1.82) is 0 Å². The number of carbonyl (C=O) groups excluding carboxylic acids is 6. The SMILES string of the molecule is CC[C@H](C)[C@H](NC(=O)[C@@H](N)CC(N)=O)C(=O)N[C@@H](Cc1ccc(O)cc1)C(=O)N[C@@H](Cc1ccc(OP(=O)(O)O)cc1)C(=O)N[C@@H](CCCCN)C(=O)N[C@H](C(=O)O)C(C)C. The van der Waals surface area contributed by atoms with Crippen LogP contribution in [-0.4, -0.2) is 104 Å². The molecule has 2 rings (SSSR count). The van der Waals surface area contributed by atoms with E-state index in [-0.39, 0.29) is 37.3 Å². The number of phenols is 1. The summed E-state index contributed by atoms with van der Waals surface area (Å²) in [6.07, 6.45) is 0.264. The van der Waals surface area contributed by atoms with Gasteiger partial charge in [-0.3, -0.25) is 38.6 Å². The van der Waals surface area contributed by atoms with E-state index < -0.39 is 104 Å². The standard InChI is InChI=1S/C39H59N8O13P/c1-5-22(4)33(47-34(50)27(41)20-31(42)49)38(54)45-30(18-23-9-13-25(48)14-10-23)37(53)44-29(19-24-11-15-26(16-12-24)60-61(57,58)59)36(52)43-28(8-6-7-17-40)35(51)46-32(21(2)3)39(55)56/h9-16,21-22,27-30,32-33,48H,5-8,17-20,40-41H2,1-4H3,(H2,42,49)(H,43,52)(H,44,53)(H,45,54)(H,46,51)(H,47,50)(H,55,56)(H2,57,58,59)/t22-,27-,28-,29-,30-,32-,33-/m0/s1. The molecule has 15 N–H and O–H groups in total. The fourth-order valence-electron chi connectivity index (χ4n) is 5.95. The average molecular weight is 879 g/mol. The van der Waals surface area contributed by atoms with Gasteiger partial charge in [0.1, 0.15) is 41.7 Å². The minimum absolute atomic E-state index is 0.0413. The molecule has 7 atom stereocenters. The van der Waals surface area contributed by atoms with Crippen molar-refractivity contribution in [3.63, 3.8) is 0 Å². The molecular formula is C39H59N8O13P. The number of phenolic OH excluding ortho intramolecular Hbond substituents is 1. The van der Waals surface area contributed by atoms with Gasteiger partial charge in [0, 0.05) is 12.8 Å². The molecule has 0 bridgehead atoms. The number of carbonyl (C=O) groups is 7. The lowest BCUT2D eigenvalue weighted by molar-refractivity contribution is -0.143. The van der Waals surface area contributed by atoms with E-state index in [1.807, 2.05) is 0 Å². The molecule has 2 aromatic rings. The highest BCUT2D eigenvalue weighted by molar-refractivity contribution is 7.46. The number of unbranched alkanes of at least 4 members (excludes halogenated alkanes) is 1. The summed E-state index contributed by atoms with van der Waals surface area (Å²) in [6, 6.07) is 2.75. The number of phosphoric ester groups is 1. The third kappa shape index (κ3) is 18.3. The highest BCUT2D eigenvalue weighted by Gasteiger charge is 2.35. The van der Waals surface area contributed by atoms with E-state index in [4.69, 9.17) is 17.2 Å². The van der Waals surface area contributed by atoms with Crippen LogP contribution in [-0.2, 0) is 51.0 Å². The van der Waals surface area contributed by atoms with E-state index in [0.717, 1.165) is 0 Å². The first kappa shape index (κ1) is 51.5. The van der Waals surface area contributed by atoms with Crippen LogP contribution < -0.4 is 48.3 Å². The van der Waals surface area contributed by atoms with E-state index in [2.05, 4.69) is 31.1 Å². The van der Waals surface area contributed by atoms with Crippen LogP contribution in [0.25, 0.3) is 0 Å². The Kier molecular flexibility index (Phi) is 20.8. The summed E-state index contributed by atoms with van der Waals surface area (Å²) in [4.78, 5) is 111. The number of aliphatic carboxylic acids is 1. The van der Waals surface area contributed by atoms with Crippen molar-refractivity contribution >= 4 is 49.2 Å². The Balaban J connectivity index is 2.59. The summed E-state index contributed by atoms with van der Waals surface area (Å²) < 4.78 is 16.0. The highest BCUT2D eigenvalue weighted by atomic mass is 31.2. The molecule has 0 radical (unpaired) electrons. The van der Waals surface area contributed by atoms with Crippen LogP contribution in [0.1, 0.15) is 70.9 Å². The van der Waals surface area contributed by atoms with Gasteiger partial charge < -0.3 is 58.5 Å². The Hall–Kier alpha value is -5.60. The second kappa shape index (κ2) is 24.6. The van der Waals surface area contributed by atoms with Crippen LogP contribution in [0.5, 0.6) is 11.5 Å². The number of carboxylic acid groups (broad SMARTS) is 1. The molecule has 0 unspecified atom stereocenters. The van der Waals surface area contributed by atoms with E-state index in [9.17, 15) is 58.1 Å². The quantitative estimate of drug-likeness (QED) is 0.0406. The molecule has 0 aliphatic heterocycles. The van der Waals surface area contributed by atoms with Crippen molar-refractivity contribution < 1.29 is 62.7 Å². The summed E-state index contributed by atoms with van der Waals surface area (Å²) in [6.45, 7) is 6.86. The number of aromatic hydroxyl groups is 1. The maximum absolute atomic E-state index is 14.3. The topological polar surface area (TPSA) is 365 Å². The maximum Gasteiger partial charge on any atom is 0.524 e. The number of benzene rings is 2. The number of amides is 6. The van der Waals surface area contributed by atoms with Gasteiger partial charge in [-0.1, -0.05) is 58.4 Å². The molecule has 0 fully saturated rings. The summed E-state index contributed by atoms with van der Waals surface area (Å²) in [5, 5.41) is 32.5. The number of nitrogens with two attached hydrogens (primary N) is 3. The zero-order chi connectivity index (χ0) is 46.0. The Morgan fingerprint density at radius 3 is 1.64 bits per heavy atom. The first-order valence-electron chi connectivity index (χ1n) is 19.7. The van der Waals surface area contributed by atoms with Gasteiger partial charge in [-0.05, 0) is 73.0 Å². The largest absolute Gasteiger partial charge is 0.524 e. The molecule has 21 nitrogen and oxygen atoms in total. The third-order valence-corrected chi connectivity index (χ3v) is 10.0. The second-order valence-corrected chi connectivity index (χ2v) is 16.1. The highest BCUT2D eigenvalue weighted by Crippen LogP contribution is 2.37. The van der Waals surface area contributed by atoms with Crippen molar-refractivity contribution in [2.75, 3.05) is 6.54 Å². The summed E-state index contributed by atoms with van der Waals surface area (Å²) in [5.41, 5.74) is 17.5. The molecule has 0 aliphatic carbocycles. The zero-order valence-corrected chi connectivity index (χ0v) is 35.4. The minimum Gasteiger partial charge on any atom is -0.508 e. The maximum atomic E-state index is 14.3. The molecule has 22 heteroatoms. The number of hydrogen-bond donors (Lipinski definition) is 12. The number of carboxylic acids is 1. The molecule has 2 aromatic carbocycles. The fourth-order valence-corrected chi connectivity index (χ4v) is 6.35. The first-order valence-corrected chi connectivity index (χ1v) is 21.2. The number of rotatable bonds is 26. The molecule has 61 heavy (non-hydrogen) atoms. The van der Waals surface area contributed by atoms with E-state index in [0.29, 0.717) is 30.4 Å². The minimum atomic E-state index is -4.91. The lowest BCUT2D eigenvalue weighted by Crippen LogP contribution is -2.61. The van der Waals surface area contributed by atoms with Crippen molar-refractivity contribution in [3.05, 3.63) is 59.7 Å². The van der Waals surface area contributed by atoms with Gasteiger partial charge in [0.25, 0.3) is 0 Å². The van der Waals surface area contributed by atoms with Crippen LogP contribution in [0, 0.1) is 11.8 Å². The van der Waals surface area contributed by atoms with Crippen molar-refractivity contribution in [3.8, 4) is 11.5 Å². The normalized spacial score (nSPS) is 14.8. The fraction of sp³-hybridized carbons (Fsp3) is 0.513. The van der Waals surface area contributed by atoms with E-state index in [1.54, 1.807) is 27.7 Å². The summed E-state index contributed by atoms with van der Waals surface area (Å²) in [7, 11) is -4.91. The molecule has 338 valence electrons. The summed E-state index contributed by atoms with van der Waals surface area (Å²) >= 11 is 0. The molecular weight excluding hydrogens is 819 g/mol. The number of phosphoric acid groups is 1. The Morgan fingerprint density at radius 2 is 1.18 bits per heavy atom. The zero-order valence-electron chi connectivity index (χ0n) is 34.5. The first-order chi connectivity index (χ1) is 28.5. The molecule has 0 aromatic heterocycles. The molecule has 0 saturated heterocycles. The van der Waals surface area contributed by atoms with Crippen molar-refractivity contribution in [2.24, 2.45) is 29.0 Å². The Morgan fingerprint density at radius 1 is 0.705 bits per heavy atom. The summed E-state index contributed by atoms with van der Waals surface area (Å²) in [5.74, 6) is -7.72. The molecule has 0 saturated carbocycles. The van der Waals surface area contributed by atoms with Crippen LogP contribution >= 0.6 is 7.82 Å². The van der Waals surface area contributed by atoms with Crippen LogP contribution in [0.15, 0.2) is 48.5 Å². The molecule has 0 heterocycles. The Bertz CT molecular complexity index is 1860. The predicted octanol–water partition coefficient (Wildman–Crippen LogP) is -0.809. The van der Waals surface area contributed by atoms with Gasteiger partial charge in [0.05, 0.1) is 12.5 Å². The molecule has 0 aliphatic rings. The average Bonchev–Trinajstić information content (AvgIpc) is 3.17. The lowest BCUT2D eigenvalue weighted by Gasteiger charge is -2.29.